The number of aryl methyl sites for hydroxylation is 1. The van der Waals surface area contributed by atoms with Gasteiger partial charge in [-0.25, -0.2) is 4.57 Å². The highest BCUT2D eigenvalue weighted by Crippen LogP contribution is 2.38. The first-order chi connectivity index (χ1) is 13.0. The maximum Gasteiger partial charge on any atom is 0.469 e. The third-order valence-electron chi connectivity index (χ3n) is 3.87. The van der Waals surface area contributed by atoms with Crippen molar-refractivity contribution < 1.29 is 24.0 Å². The van der Waals surface area contributed by atoms with E-state index in [-0.39, 0.29) is 12.4 Å². The van der Waals surface area contributed by atoms with E-state index in [9.17, 15) is 9.67 Å². The Morgan fingerprint density at radius 1 is 1.32 bits per heavy atom. The molecule has 0 amide bonds. The molecule has 0 saturated heterocycles. The highest BCUT2D eigenvalue weighted by atomic mass is 35.5. The number of nitrogens with zero attached hydrogens (tertiary/aromatic N) is 1. The minimum Gasteiger partial charge on any atom is -0.507 e. The third kappa shape index (κ3) is 7.12. The van der Waals surface area contributed by atoms with Crippen molar-refractivity contribution in [1.82, 2.24) is 0 Å². The molecule has 1 atom stereocenters. The zero-order chi connectivity index (χ0) is 20.9. The van der Waals surface area contributed by atoms with E-state index < -0.39 is 13.4 Å². The fourth-order valence-electron chi connectivity index (χ4n) is 2.31. The molecule has 0 fully saturated rings. The van der Waals surface area contributed by atoms with Gasteiger partial charge in [0.2, 0.25) is 0 Å². The zero-order valence-corrected chi connectivity index (χ0v) is 17.5. The van der Waals surface area contributed by atoms with Gasteiger partial charge in [0.05, 0.1) is 23.1 Å². The molecule has 2 rings (SSSR count). The lowest BCUT2D eigenvalue weighted by Gasteiger charge is -2.24. The lowest BCUT2D eigenvalue weighted by Crippen LogP contribution is -2.41. The van der Waals surface area contributed by atoms with Crippen LogP contribution >= 0.6 is 31.2 Å². The Morgan fingerprint density at radius 2 is 2.04 bits per heavy atom. The summed E-state index contributed by atoms with van der Waals surface area (Å²) in [6, 6.07) is 12.1. The molecule has 0 aliphatic carbocycles. The lowest BCUT2D eigenvalue weighted by atomic mass is 9.95. The summed E-state index contributed by atoms with van der Waals surface area (Å²) in [7, 11) is -4.57. The first kappa shape index (κ1) is 22.7. The molecule has 0 aliphatic heterocycles. The van der Waals surface area contributed by atoms with Crippen LogP contribution in [0, 0.1) is 11.3 Å². The van der Waals surface area contributed by atoms with Crippen molar-refractivity contribution in [2.45, 2.75) is 35.1 Å². The van der Waals surface area contributed by atoms with Gasteiger partial charge in [-0.2, -0.15) is 5.26 Å². The molecule has 28 heavy (non-hydrogen) atoms. The number of nitrogens with two attached hydrogens (primary N) is 1. The number of rotatable bonds is 8. The van der Waals surface area contributed by atoms with Crippen molar-refractivity contribution in [3.05, 3.63) is 52.5 Å². The zero-order valence-electron chi connectivity index (χ0n) is 15.0. The molecule has 0 unspecified atom stereocenters. The van der Waals surface area contributed by atoms with Crippen LogP contribution in [0.1, 0.15) is 24.5 Å². The van der Waals surface area contributed by atoms with E-state index in [1.807, 2.05) is 18.2 Å². The molecule has 0 spiro atoms. The monoisotopic (exact) mass is 442 g/mol. The van der Waals surface area contributed by atoms with E-state index in [4.69, 9.17) is 32.4 Å². The maximum atomic E-state index is 10.8. The first-order valence-electron chi connectivity index (χ1n) is 8.17. The van der Waals surface area contributed by atoms with Crippen LogP contribution in [0.4, 0.5) is 0 Å². The van der Waals surface area contributed by atoms with E-state index in [0.29, 0.717) is 28.3 Å². The van der Waals surface area contributed by atoms with Crippen LogP contribution in [0.3, 0.4) is 0 Å². The molecule has 0 radical (unpaired) electrons. The molecule has 0 bridgehead atoms. The molecule has 0 saturated carbocycles. The van der Waals surface area contributed by atoms with Gasteiger partial charge in [-0.3, -0.25) is 4.52 Å². The van der Waals surface area contributed by atoms with Crippen LogP contribution in [0.5, 0.6) is 5.75 Å². The summed E-state index contributed by atoms with van der Waals surface area (Å²) < 4.78 is 15.3. The second-order valence-corrected chi connectivity index (χ2v) is 9.33. The molecule has 0 heterocycles. The number of halogens is 1. The summed E-state index contributed by atoms with van der Waals surface area (Å²) >= 11 is 7.63. The number of phenols is 1. The van der Waals surface area contributed by atoms with E-state index >= 15 is 0 Å². The summed E-state index contributed by atoms with van der Waals surface area (Å²) in [5.74, 6) is 0.0770. The molecule has 150 valence electrons. The van der Waals surface area contributed by atoms with Gasteiger partial charge in [0.1, 0.15) is 5.75 Å². The van der Waals surface area contributed by atoms with Gasteiger partial charge >= 0.3 is 7.82 Å². The number of benzene rings is 2. The average Bonchev–Trinajstić information content (AvgIpc) is 2.61. The summed E-state index contributed by atoms with van der Waals surface area (Å²) in [6.07, 6.45) is 0.903. The fourth-order valence-corrected chi connectivity index (χ4v) is 4.04. The molecule has 5 N–H and O–H groups in total. The van der Waals surface area contributed by atoms with Crippen molar-refractivity contribution in [3.8, 4) is 11.8 Å². The Morgan fingerprint density at radius 3 is 2.64 bits per heavy atom. The van der Waals surface area contributed by atoms with Gasteiger partial charge in [-0.1, -0.05) is 29.4 Å². The highest BCUT2D eigenvalue weighted by molar-refractivity contribution is 7.99. The number of nitriles is 1. The maximum absolute atomic E-state index is 10.8. The van der Waals surface area contributed by atoms with Crippen LogP contribution in [0.15, 0.2) is 46.2 Å². The normalized spacial score (nSPS) is 13.7. The summed E-state index contributed by atoms with van der Waals surface area (Å²) in [5, 5.41) is 19.4. The molecular weight excluding hydrogens is 423 g/mol. The quantitative estimate of drug-likeness (QED) is 0.453. The third-order valence-corrected chi connectivity index (χ3v) is 5.72. The fraction of sp³-hybridized carbons (Fsp3) is 0.278. The van der Waals surface area contributed by atoms with Crippen molar-refractivity contribution >= 4 is 31.2 Å². The Labute approximate surface area is 172 Å². The van der Waals surface area contributed by atoms with E-state index in [0.717, 1.165) is 10.5 Å². The lowest BCUT2D eigenvalue weighted by molar-refractivity contribution is 0.154. The van der Waals surface area contributed by atoms with Crippen molar-refractivity contribution in [1.29, 1.82) is 5.26 Å². The average molecular weight is 443 g/mol. The minimum atomic E-state index is -4.57. The molecule has 7 nitrogen and oxygen atoms in total. The SMILES string of the molecule is C[C@](N)(CCc1ccc(Sc2cc(C#N)ccc2O)cc1Cl)COP(=O)(O)O. The number of phosphoric acid groups is 1. The van der Waals surface area contributed by atoms with Crippen LogP contribution in [0.2, 0.25) is 5.02 Å². The van der Waals surface area contributed by atoms with Crippen molar-refractivity contribution in [2.75, 3.05) is 6.61 Å². The summed E-state index contributed by atoms with van der Waals surface area (Å²) in [6.45, 7) is 1.36. The number of hydrogen-bond donors (Lipinski definition) is 4. The van der Waals surface area contributed by atoms with Gasteiger partial charge < -0.3 is 20.6 Å². The van der Waals surface area contributed by atoms with E-state index in [2.05, 4.69) is 4.52 Å². The van der Waals surface area contributed by atoms with Crippen LogP contribution in [-0.2, 0) is 15.5 Å². The largest absolute Gasteiger partial charge is 0.507 e. The van der Waals surface area contributed by atoms with Crippen LogP contribution in [0.25, 0.3) is 0 Å². The van der Waals surface area contributed by atoms with Gasteiger partial charge in [-0.05, 0) is 55.7 Å². The Kier molecular flexibility index (Phi) is 7.54. The molecule has 10 heteroatoms. The Balaban J connectivity index is 2.04. The molecule has 2 aromatic rings. The van der Waals surface area contributed by atoms with Crippen molar-refractivity contribution in [2.24, 2.45) is 5.73 Å². The van der Waals surface area contributed by atoms with Crippen LogP contribution < -0.4 is 5.73 Å². The first-order valence-corrected chi connectivity index (χ1v) is 10.9. The standard InChI is InChI=1S/C18H20ClN2O5PS/c1-18(21,11-26-27(23,24)25)7-6-13-3-4-14(9-15(13)19)28-17-8-12(10-20)2-5-16(17)22/h2-5,8-9,22H,6-7,11,21H2,1H3,(H2,23,24,25)/t18-/m0/s1. The Hall–Kier alpha value is -1.56. The second-order valence-electron chi connectivity index (χ2n) is 6.57. The molecule has 0 aromatic heterocycles. The predicted molar refractivity (Wildman–Crippen MR) is 107 cm³/mol. The minimum absolute atomic E-state index is 0.0770. The number of phenolic OH excluding ortho intramolecular Hbond substituents is 1. The number of phosphoric ester groups is 1. The van der Waals surface area contributed by atoms with Gasteiger partial charge in [-0.15, -0.1) is 0 Å². The smallest absolute Gasteiger partial charge is 0.469 e. The Bertz CT molecular complexity index is 942. The second kappa shape index (κ2) is 9.29. The topological polar surface area (TPSA) is 137 Å². The van der Waals surface area contributed by atoms with Gasteiger partial charge in [0, 0.05) is 15.5 Å². The number of aromatic hydroxyl groups is 1. The van der Waals surface area contributed by atoms with E-state index in [1.165, 1.54) is 23.9 Å². The molecular formula is C18H20ClN2O5PS. The van der Waals surface area contributed by atoms with E-state index in [1.54, 1.807) is 19.1 Å². The van der Waals surface area contributed by atoms with Gasteiger partial charge in [0.15, 0.2) is 0 Å². The summed E-state index contributed by atoms with van der Waals surface area (Å²) in [5.41, 5.74) is 6.37. The number of hydrogen-bond acceptors (Lipinski definition) is 6. The highest BCUT2D eigenvalue weighted by Gasteiger charge is 2.24. The van der Waals surface area contributed by atoms with Crippen molar-refractivity contribution in [3.63, 3.8) is 0 Å². The van der Waals surface area contributed by atoms with Gasteiger partial charge in [0.25, 0.3) is 0 Å². The van der Waals surface area contributed by atoms with Crippen LogP contribution in [-0.4, -0.2) is 27.0 Å². The molecule has 0 aliphatic rings. The predicted octanol–water partition coefficient (Wildman–Crippen LogP) is 3.83. The molecule has 2 aromatic carbocycles. The summed E-state index contributed by atoms with van der Waals surface area (Å²) in [4.78, 5) is 18.9.